The Balaban J connectivity index is 2.60. The molecule has 2 nitrogen and oxygen atoms in total. The van der Waals surface area contributed by atoms with Crippen molar-refractivity contribution in [1.29, 1.82) is 0 Å². The van der Waals surface area contributed by atoms with Gasteiger partial charge in [-0.3, -0.25) is 4.79 Å². The van der Waals surface area contributed by atoms with Gasteiger partial charge < -0.3 is 5.32 Å². The number of alkyl halides is 3. The van der Waals surface area contributed by atoms with E-state index in [1.165, 1.54) is 0 Å². The highest BCUT2D eigenvalue weighted by Crippen LogP contribution is 2.25. The van der Waals surface area contributed by atoms with Gasteiger partial charge >= 0.3 is 6.18 Å². The molecule has 6 heteroatoms. The molecule has 0 saturated carbocycles. The van der Waals surface area contributed by atoms with E-state index in [-0.39, 0.29) is 0 Å². The molecule has 0 aliphatic rings. The second-order valence-corrected chi connectivity index (χ2v) is 4.43. The van der Waals surface area contributed by atoms with Gasteiger partial charge in [-0.2, -0.15) is 13.2 Å². The molecule has 1 amide bonds. The summed E-state index contributed by atoms with van der Waals surface area (Å²) in [6.45, 7) is 1.77. The third-order valence-electron chi connectivity index (χ3n) is 2.18. The molecule has 94 valence electrons. The minimum atomic E-state index is -4.30. The smallest absolute Gasteiger partial charge is 0.326 e. The summed E-state index contributed by atoms with van der Waals surface area (Å²) in [5.41, 5.74) is 1.31. The van der Waals surface area contributed by atoms with Crippen LogP contribution in [-0.2, 0) is 4.79 Å². The summed E-state index contributed by atoms with van der Waals surface area (Å²) in [6.07, 6.45) is -5.97. The number of hydrogen-bond acceptors (Lipinski definition) is 1. The Bertz CT molecular complexity index is 418. The van der Waals surface area contributed by atoms with Crippen LogP contribution in [0.4, 0.5) is 18.9 Å². The molecule has 0 radical (unpaired) electrons. The van der Waals surface area contributed by atoms with E-state index in [4.69, 9.17) is 0 Å². The van der Waals surface area contributed by atoms with Gasteiger partial charge in [-0.15, -0.1) is 0 Å². The number of hydrogen-bond donors (Lipinski definition) is 1. The zero-order valence-electron chi connectivity index (χ0n) is 9.07. The molecule has 1 aromatic carbocycles. The summed E-state index contributed by atoms with van der Waals surface area (Å²) >= 11 is 3.28. The Hall–Kier alpha value is -1.04. The number of halogens is 4. The molecular formula is C11H11BrF3NO. The predicted molar refractivity (Wildman–Crippen MR) is 62.8 cm³/mol. The lowest BCUT2D eigenvalue weighted by Crippen LogP contribution is -2.17. The van der Waals surface area contributed by atoms with Crippen LogP contribution >= 0.6 is 15.9 Å². The maximum absolute atomic E-state index is 11.9. The third-order valence-corrected chi connectivity index (χ3v) is 3.04. The Morgan fingerprint density at radius 1 is 1.41 bits per heavy atom. The van der Waals surface area contributed by atoms with Gasteiger partial charge in [0.2, 0.25) is 5.91 Å². The number of amides is 1. The van der Waals surface area contributed by atoms with Crippen LogP contribution in [0, 0.1) is 6.92 Å². The molecule has 0 atom stereocenters. The standard InChI is InChI=1S/C11H11BrF3NO/c1-7-8(12)3-2-4-9(7)16-10(17)5-6-11(13,14)15/h2-4H,5-6H2,1H3,(H,16,17). The van der Waals surface area contributed by atoms with E-state index in [1.54, 1.807) is 25.1 Å². The minimum absolute atomic E-state index is 0.520. The Morgan fingerprint density at radius 2 is 2.06 bits per heavy atom. The summed E-state index contributed by atoms with van der Waals surface area (Å²) in [5, 5.41) is 2.45. The number of rotatable bonds is 3. The maximum Gasteiger partial charge on any atom is 0.389 e. The Kier molecular flexibility index (Phi) is 4.56. The summed E-state index contributed by atoms with van der Waals surface area (Å²) in [7, 11) is 0. The van der Waals surface area contributed by atoms with Crippen molar-refractivity contribution in [3.63, 3.8) is 0 Å². The average molecular weight is 310 g/mol. The van der Waals surface area contributed by atoms with Crippen LogP contribution in [0.1, 0.15) is 18.4 Å². The Labute approximate surface area is 105 Å². The normalized spacial score (nSPS) is 11.4. The maximum atomic E-state index is 11.9. The molecule has 0 unspecified atom stereocenters. The van der Waals surface area contributed by atoms with Crippen LogP contribution in [0.15, 0.2) is 22.7 Å². The van der Waals surface area contributed by atoms with Gasteiger partial charge in [0.25, 0.3) is 0 Å². The lowest BCUT2D eigenvalue weighted by Gasteiger charge is -2.10. The highest BCUT2D eigenvalue weighted by atomic mass is 79.9. The first kappa shape index (κ1) is 14.0. The van der Waals surface area contributed by atoms with E-state index < -0.39 is 24.9 Å². The number of carbonyl (C=O) groups is 1. The minimum Gasteiger partial charge on any atom is -0.326 e. The van der Waals surface area contributed by atoms with Crippen LogP contribution in [0.5, 0.6) is 0 Å². The highest BCUT2D eigenvalue weighted by Gasteiger charge is 2.27. The van der Waals surface area contributed by atoms with Crippen LogP contribution in [-0.4, -0.2) is 12.1 Å². The second-order valence-electron chi connectivity index (χ2n) is 3.58. The highest BCUT2D eigenvalue weighted by molar-refractivity contribution is 9.10. The monoisotopic (exact) mass is 309 g/mol. The number of carbonyl (C=O) groups excluding carboxylic acids is 1. The molecule has 0 aliphatic carbocycles. The molecule has 0 heterocycles. The lowest BCUT2D eigenvalue weighted by atomic mass is 10.2. The number of nitrogens with one attached hydrogen (secondary N) is 1. The predicted octanol–water partition coefficient (Wildman–Crippen LogP) is 4.04. The van der Waals surface area contributed by atoms with Gasteiger partial charge in [-0.25, -0.2) is 0 Å². The van der Waals surface area contributed by atoms with E-state index >= 15 is 0 Å². The van der Waals surface area contributed by atoms with Gasteiger partial charge in [0.1, 0.15) is 0 Å². The van der Waals surface area contributed by atoms with E-state index in [1.807, 2.05) is 0 Å². The molecule has 17 heavy (non-hydrogen) atoms. The van der Waals surface area contributed by atoms with Gasteiger partial charge in [-0.05, 0) is 24.6 Å². The van der Waals surface area contributed by atoms with Crippen molar-refractivity contribution in [2.24, 2.45) is 0 Å². The Morgan fingerprint density at radius 3 is 2.65 bits per heavy atom. The molecule has 0 aliphatic heterocycles. The zero-order chi connectivity index (χ0) is 13.1. The van der Waals surface area contributed by atoms with Crippen LogP contribution in [0.2, 0.25) is 0 Å². The van der Waals surface area contributed by atoms with Gasteiger partial charge in [0.05, 0.1) is 6.42 Å². The first-order chi connectivity index (χ1) is 7.79. The largest absolute Gasteiger partial charge is 0.389 e. The fourth-order valence-electron chi connectivity index (χ4n) is 1.21. The van der Waals surface area contributed by atoms with Gasteiger partial charge in [-0.1, -0.05) is 22.0 Å². The number of benzene rings is 1. The van der Waals surface area contributed by atoms with Crippen LogP contribution < -0.4 is 5.32 Å². The topological polar surface area (TPSA) is 29.1 Å². The molecule has 0 bridgehead atoms. The molecule has 0 spiro atoms. The van der Waals surface area contributed by atoms with E-state index in [0.29, 0.717) is 5.69 Å². The summed E-state index contributed by atoms with van der Waals surface area (Å²) in [6, 6.07) is 5.14. The van der Waals surface area contributed by atoms with Gasteiger partial charge in [0.15, 0.2) is 0 Å². The summed E-state index contributed by atoms with van der Waals surface area (Å²) < 4.78 is 36.5. The second kappa shape index (κ2) is 5.53. The van der Waals surface area contributed by atoms with Crippen molar-refractivity contribution in [3.8, 4) is 0 Å². The van der Waals surface area contributed by atoms with E-state index in [2.05, 4.69) is 21.2 Å². The summed E-state index contributed by atoms with van der Waals surface area (Å²) in [5.74, 6) is -0.636. The van der Waals surface area contributed by atoms with E-state index in [0.717, 1.165) is 10.0 Å². The quantitative estimate of drug-likeness (QED) is 0.897. The fraction of sp³-hybridized carbons (Fsp3) is 0.364. The zero-order valence-corrected chi connectivity index (χ0v) is 10.7. The molecule has 0 saturated heterocycles. The SMILES string of the molecule is Cc1c(Br)cccc1NC(=O)CCC(F)(F)F. The van der Waals surface area contributed by atoms with Crippen molar-refractivity contribution in [2.75, 3.05) is 5.32 Å². The van der Waals surface area contributed by atoms with Crippen molar-refractivity contribution < 1.29 is 18.0 Å². The van der Waals surface area contributed by atoms with Crippen molar-refractivity contribution >= 4 is 27.5 Å². The molecule has 1 N–H and O–H groups in total. The van der Waals surface area contributed by atoms with Crippen molar-refractivity contribution in [3.05, 3.63) is 28.2 Å². The average Bonchev–Trinajstić information content (AvgIpc) is 2.21. The molecule has 1 aromatic rings. The third kappa shape index (κ3) is 4.77. The fourth-order valence-corrected chi connectivity index (χ4v) is 1.58. The molecule has 0 aromatic heterocycles. The van der Waals surface area contributed by atoms with Gasteiger partial charge in [0, 0.05) is 16.6 Å². The van der Waals surface area contributed by atoms with Crippen molar-refractivity contribution in [1.82, 2.24) is 0 Å². The first-order valence-electron chi connectivity index (χ1n) is 4.91. The van der Waals surface area contributed by atoms with E-state index in [9.17, 15) is 18.0 Å². The van der Waals surface area contributed by atoms with Crippen LogP contribution in [0.25, 0.3) is 0 Å². The first-order valence-corrected chi connectivity index (χ1v) is 5.70. The van der Waals surface area contributed by atoms with Crippen molar-refractivity contribution in [2.45, 2.75) is 25.9 Å². The number of anilines is 1. The molecular weight excluding hydrogens is 299 g/mol. The summed E-state index contributed by atoms with van der Waals surface area (Å²) in [4.78, 5) is 11.3. The lowest BCUT2D eigenvalue weighted by molar-refractivity contribution is -0.142. The van der Waals surface area contributed by atoms with Crippen LogP contribution in [0.3, 0.4) is 0 Å². The molecule has 1 rings (SSSR count). The molecule has 0 fully saturated rings.